The standard InChI is InChI=1S/C19H17N3O6/c1-11(24)17(21-20-14-5-3-2-4-13(14)19(26)27)18(25)22-12-6-7-16(15(22)10-12)28-9-8-23/h2-7,10,17,23H,8-9H2,1H3,(H,26,27). The zero-order valence-corrected chi connectivity index (χ0v) is 14.9. The van der Waals surface area contributed by atoms with Crippen molar-refractivity contribution in [2.24, 2.45) is 10.2 Å². The molecule has 0 saturated carbocycles. The Balaban J connectivity index is 1.81. The second-order valence-corrected chi connectivity index (χ2v) is 5.95. The first-order valence-electron chi connectivity index (χ1n) is 8.39. The molecule has 2 heterocycles. The number of nitrogens with zero attached hydrogens (tertiary/aromatic N) is 3. The van der Waals surface area contributed by atoms with Crippen molar-refractivity contribution in [1.29, 1.82) is 0 Å². The fraction of sp³-hybridized carbons (Fsp3) is 0.211. The molecular weight excluding hydrogens is 366 g/mol. The lowest BCUT2D eigenvalue weighted by Crippen LogP contribution is -2.45. The van der Waals surface area contributed by atoms with Crippen molar-refractivity contribution in [2.45, 2.75) is 13.0 Å². The van der Waals surface area contributed by atoms with Crippen LogP contribution in [0.4, 0.5) is 5.69 Å². The smallest absolute Gasteiger partial charge is 0.337 e. The lowest BCUT2D eigenvalue weighted by molar-refractivity contribution is -0.134. The highest BCUT2D eigenvalue weighted by Gasteiger charge is 2.40. The van der Waals surface area contributed by atoms with Crippen LogP contribution < -0.4 is 0 Å². The Bertz CT molecular complexity index is 957. The zero-order chi connectivity index (χ0) is 20.3. The summed E-state index contributed by atoms with van der Waals surface area (Å²) in [6.45, 7) is 1.10. The van der Waals surface area contributed by atoms with Gasteiger partial charge in [-0.3, -0.25) is 14.5 Å². The van der Waals surface area contributed by atoms with Gasteiger partial charge in [-0.1, -0.05) is 12.1 Å². The number of carboxylic acid groups (broad SMARTS) is 1. The van der Waals surface area contributed by atoms with Crippen molar-refractivity contribution in [3.05, 3.63) is 65.2 Å². The number of carboxylic acids is 1. The van der Waals surface area contributed by atoms with Crippen LogP contribution in [0.5, 0.6) is 0 Å². The third-order valence-corrected chi connectivity index (χ3v) is 4.05. The average molecular weight is 383 g/mol. The SMILES string of the molecule is CC(=O)C(N=Nc1ccccc1C(=O)O)C(=O)N1c2ccc(OCCO)c1c2. The maximum Gasteiger partial charge on any atom is 0.337 e. The van der Waals surface area contributed by atoms with Crippen LogP contribution >= 0.6 is 0 Å². The number of carbonyl (C=O) groups is 3. The fourth-order valence-corrected chi connectivity index (χ4v) is 2.70. The van der Waals surface area contributed by atoms with Gasteiger partial charge in [0.25, 0.3) is 5.91 Å². The van der Waals surface area contributed by atoms with Gasteiger partial charge in [-0.2, -0.15) is 10.2 Å². The molecule has 2 aliphatic rings. The van der Waals surface area contributed by atoms with Crippen molar-refractivity contribution in [3.8, 4) is 0 Å². The molecule has 1 atom stereocenters. The Labute approximate surface area is 159 Å². The predicted octanol–water partition coefficient (Wildman–Crippen LogP) is 1.94. The van der Waals surface area contributed by atoms with Gasteiger partial charge in [0.1, 0.15) is 12.4 Å². The van der Waals surface area contributed by atoms with Crippen LogP contribution in [0.3, 0.4) is 0 Å². The number of amides is 1. The average Bonchev–Trinajstić information content (AvgIpc) is 2.66. The van der Waals surface area contributed by atoms with E-state index in [2.05, 4.69) is 10.2 Å². The third kappa shape index (κ3) is 3.60. The Morgan fingerprint density at radius 3 is 2.61 bits per heavy atom. The Morgan fingerprint density at radius 1 is 1.21 bits per heavy atom. The minimum atomic E-state index is -1.42. The van der Waals surface area contributed by atoms with Crippen molar-refractivity contribution in [3.63, 3.8) is 0 Å². The van der Waals surface area contributed by atoms with Crippen LogP contribution in [0.2, 0.25) is 0 Å². The Morgan fingerprint density at radius 2 is 1.96 bits per heavy atom. The van der Waals surface area contributed by atoms with E-state index in [0.29, 0.717) is 17.2 Å². The summed E-state index contributed by atoms with van der Waals surface area (Å²) in [5.74, 6) is -1.95. The van der Waals surface area contributed by atoms with Crippen LogP contribution in [0.1, 0.15) is 17.3 Å². The zero-order valence-electron chi connectivity index (χ0n) is 14.9. The van der Waals surface area contributed by atoms with Gasteiger partial charge in [0.15, 0.2) is 5.78 Å². The summed E-state index contributed by atoms with van der Waals surface area (Å²) in [6, 6.07) is 4.48. The molecule has 2 N–H and O–H groups in total. The number of allylic oxidation sites excluding steroid dienone is 3. The van der Waals surface area contributed by atoms with Crippen LogP contribution in [-0.4, -0.2) is 52.0 Å². The molecule has 0 aliphatic carbocycles. The maximum atomic E-state index is 12.9. The molecule has 0 radical (unpaired) electrons. The van der Waals surface area contributed by atoms with Gasteiger partial charge in [0.05, 0.1) is 29.3 Å². The topological polar surface area (TPSA) is 129 Å². The summed E-state index contributed by atoms with van der Waals surface area (Å²) in [4.78, 5) is 37.4. The minimum absolute atomic E-state index is 0.0446. The maximum absolute atomic E-state index is 12.9. The van der Waals surface area contributed by atoms with E-state index in [1.54, 1.807) is 24.3 Å². The number of aromatic carboxylic acids is 1. The van der Waals surface area contributed by atoms with Gasteiger partial charge in [0.2, 0.25) is 6.04 Å². The monoisotopic (exact) mass is 383 g/mol. The van der Waals surface area contributed by atoms with Crippen LogP contribution in [0.15, 0.2) is 69.9 Å². The lowest BCUT2D eigenvalue weighted by Gasteiger charge is -2.38. The van der Waals surface area contributed by atoms with E-state index in [1.165, 1.54) is 30.0 Å². The summed E-state index contributed by atoms with van der Waals surface area (Å²) < 4.78 is 5.37. The highest BCUT2D eigenvalue weighted by Crippen LogP contribution is 2.37. The third-order valence-electron chi connectivity index (χ3n) is 4.05. The van der Waals surface area contributed by atoms with E-state index in [1.807, 2.05) is 0 Å². The molecule has 1 aromatic carbocycles. The number of rotatable bonds is 8. The number of benzene rings is 1. The molecule has 1 aromatic rings. The van der Waals surface area contributed by atoms with Gasteiger partial charge in [-0.25, -0.2) is 4.79 Å². The minimum Gasteiger partial charge on any atom is -0.489 e. The van der Waals surface area contributed by atoms with Gasteiger partial charge in [-0.15, -0.1) is 0 Å². The predicted molar refractivity (Wildman–Crippen MR) is 96.5 cm³/mol. The number of aliphatic hydroxyl groups is 1. The molecule has 144 valence electrons. The van der Waals surface area contributed by atoms with E-state index in [-0.39, 0.29) is 24.5 Å². The van der Waals surface area contributed by atoms with Gasteiger partial charge in [0, 0.05) is 0 Å². The van der Waals surface area contributed by atoms with Crippen molar-refractivity contribution < 1.29 is 29.3 Å². The molecular formula is C19H17N3O6. The second kappa shape index (κ2) is 7.97. The van der Waals surface area contributed by atoms with Crippen LogP contribution in [-0.2, 0) is 14.3 Å². The first-order chi connectivity index (χ1) is 13.4. The second-order valence-electron chi connectivity index (χ2n) is 5.95. The molecule has 0 saturated heterocycles. The molecule has 3 rings (SSSR count). The summed E-state index contributed by atoms with van der Waals surface area (Å²) in [6.07, 6.45) is 5.02. The van der Waals surface area contributed by atoms with E-state index < -0.39 is 23.7 Å². The lowest BCUT2D eigenvalue weighted by atomic mass is 10.00. The molecule has 9 heteroatoms. The number of Topliss-reactive ketones (excluding diaryl/α,β-unsaturated/α-hetero) is 1. The van der Waals surface area contributed by atoms with Crippen molar-refractivity contribution in [1.82, 2.24) is 4.90 Å². The first-order valence-corrected chi connectivity index (χ1v) is 8.39. The van der Waals surface area contributed by atoms with E-state index >= 15 is 0 Å². The molecule has 1 unspecified atom stereocenters. The summed E-state index contributed by atoms with van der Waals surface area (Å²) in [5.41, 5.74) is 0.991. The number of azo groups is 1. The van der Waals surface area contributed by atoms with Crippen LogP contribution in [0.25, 0.3) is 0 Å². The highest BCUT2D eigenvalue weighted by atomic mass is 16.5. The molecule has 0 fully saturated rings. The summed E-state index contributed by atoms with van der Waals surface area (Å²) >= 11 is 0. The van der Waals surface area contributed by atoms with E-state index in [0.717, 1.165) is 0 Å². The quantitative estimate of drug-likeness (QED) is 0.521. The number of carbonyl (C=O) groups excluding carboxylic acids is 2. The number of fused-ring (bicyclic) bond motifs is 2. The van der Waals surface area contributed by atoms with E-state index in [9.17, 15) is 19.5 Å². The van der Waals surface area contributed by atoms with Gasteiger partial charge < -0.3 is 14.9 Å². The van der Waals surface area contributed by atoms with E-state index in [4.69, 9.17) is 9.84 Å². The Hall–Kier alpha value is -3.59. The summed E-state index contributed by atoms with van der Waals surface area (Å²) in [7, 11) is 0. The molecule has 1 amide bonds. The molecule has 2 aliphatic heterocycles. The normalized spacial score (nSPS) is 15.9. The largest absolute Gasteiger partial charge is 0.489 e. The summed E-state index contributed by atoms with van der Waals surface area (Å²) in [5, 5.41) is 25.7. The molecule has 9 nitrogen and oxygen atoms in total. The molecule has 0 spiro atoms. The van der Waals surface area contributed by atoms with Crippen molar-refractivity contribution in [2.75, 3.05) is 13.2 Å². The molecule has 28 heavy (non-hydrogen) atoms. The number of aliphatic hydroxyl groups excluding tert-OH is 1. The number of ketones is 1. The fourth-order valence-electron chi connectivity index (χ4n) is 2.70. The Kier molecular flexibility index (Phi) is 5.46. The number of hydrogen-bond donors (Lipinski definition) is 2. The number of ether oxygens (including phenoxy) is 1. The first kappa shape index (κ1) is 19.2. The molecule has 0 aromatic heterocycles. The number of hydrogen-bond acceptors (Lipinski definition) is 7. The molecule has 2 bridgehead atoms. The van der Waals surface area contributed by atoms with Crippen molar-refractivity contribution >= 4 is 23.3 Å². The van der Waals surface area contributed by atoms with Gasteiger partial charge >= 0.3 is 5.97 Å². The van der Waals surface area contributed by atoms with Crippen LogP contribution in [0, 0.1) is 0 Å². The highest BCUT2D eigenvalue weighted by molar-refractivity contribution is 6.07. The van der Waals surface area contributed by atoms with Gasteiger partial charge in [-0.05, 0) is 37.3 Å².